The second-order valence-corrected chi connectivity index (χ2v) is 10.1. The van der Waals surface area contributed by atoms with Gasteiger partial charge in [0.1, 0.15) is 5.03 Å². The Hall–Kier alpha value is -0.840. The van der Waals surface area contributed by atoms with Crippen molar-refractivity contribution in [1.82, 2.24) is 14.1 Å². The molecule has 0 bridgehead atoms. The zero-order chi connectivity index (χ0) is 18.9. The minimum absolute atomic E-state index is 0.601. The zero-order valence-electron chi connectivity index (χ0n) is 14.9. The SMILES string of the molecule is C=CC(N(C)C)S(=O)(=O)n1ncc(I)c1Sc1c(C)cc(C)cc1C. The first kappa shape index (κ1) is 20.5. The first-order valence-corrected chi connectivity index (χ1v) is 11.0. The van der Waals surface area contributed by atoms with Gasteiger partial charge in [0, 0.05) is 4.90 Å². The molecule has 0 radical (unpaired) electrons. The molecule has 2 rings (SSSR count). The van der Waals surface area contributed by atoms with E-state index in [4.69, 9.17) is 0 Å². The molecule has 0 saturated heterocycles. The van der Waals surface area contributed by atoms with Crippen LogP contribution in [0.25, 0.3) is 0 Å². The van der Waals surface area contributed by atoms with Crippen molar-refractivity contribution in [3.8, 4) is 0 Å². The topological polar surface area (TPSA) is 55.2 Å². The van der Waals surface area contributed by atoms with Crippen molar-refractivity contribution in [2.24, 2.45) is 0 Å². The third kappa shape index (κ3) is 4.12. The number of aryl methyl sites for hydroxylation is 3. The summed E-state index contributed by atoms with van der Waals surface area (Å²) in [4.78, 5) is 2.66. The summed E-state index contributed by atoms with van der Waals surface area (Å²) < 4.78 is 28.0. The molecule has 0 fully saturated rings. The van der Waals surface area contributed by atoms with Crippen molar-refractivity contribution in [3.63, 3.8) is 0 Å². The fourth-order valence-electron chi connectivity index (χ4n) is 2.70. The van der Waals surface area contributed by atoms with Gasteiger partial charge in [-0.25, -0.2) is 8.42 Å². The Bertz CT molecular complexity index is 882. The van der Waals surface area contributed by atoms with E-state index in [1.807, 2.05) is 13.8 Å². The number of nitrogens with zero attached hydrogens (tertiary/aromatic N) is 3. The van der Waals surface area contributed by atoms with Crippen molar-refractivity contribution in [1.29, 1.82) is 0 Å². The Morgan fingerprint density at radius 2 is 1.84 bits per heavy atom. The molecule has 0 N–H and O–H groups in total. The van der Waals surface area contributed by atoms with Crippen LogP contribution in [0, 0.1) is 24.3 Å². The van der Waals surface area contributed by atoms with E-state index in [1.54, 1.807) is 25.2 Å². The minimum Gasteiger partial charge on any atom is -0.289 e. The number of hydrogen-bond donors (Lipinski definition) is 0. The fraction of sp³-hybridized carbons (Fsp3) is 0.353. The molecule has 1 unspecified atom stereocenters. The summed E-state index contributed by atoms with van der Waals surface area (Å²) in [5.74, 6) is 0. The molecule has 25 heavy (non-hydrogen) atoms. The standard InChI is InChI=1S/C17H22IN3O2S2/c1-7-15(20(5)6)25(22,23)21-17(14(18)10-19-21)24-16-12(3)8-11(2)9-13(16)4/h7-10,15H,1H2,2-6H3. The van der Waals surface area contributed by atoms with E-state index in [-0.39, 0.29) is 0 Å². The van der Waals surface area contributed by atoms with E-state index in [2.05, 4.69) is 53.3 Å². The normalized spacial score (nSPS) is 13.2. The Morgan fingerprint density at radius 1 is 1.28 bits per heavy atom. The van der Waals surface area contributed by atoms with Crippen LogP contribution in [0.1, 0.15) is 16.7 Å². The zero-order valence-corrected chi connectivity index (χ0v) is 18.7. The van der Waals surface area contributed by atoms with Crippen LogP contribution in [-0.2, 0) is 10.0 Å². The van der Waals surface area contributed by atoms with Gasteiger partial charge in [-0.1, -0.05) is 35.5 Å². The van der Waals surface area contributed by atoms with E-state index < -0.39 is 15.4 Å². The van der Waals surface area contributed by atoms with E-state index >= 15 is 0 Å². The van der Waals surface area contributed by atoms with E-state index in [1.165, 1.54) is 23.4 Å². The van der Waals surface area contributed by atoms with Gasteiger partial charge in [0.15, 0.2) is 5.37 Å². The molecule has 136 valence electrons. The summed E-state index contributed by atoms with van der Waals surface area (Å²) in [6, 6.07) is 4.20. The molecule has 0 aliphatic carbocycles. The van der Waals surface area contributed by atoms with Gasteiger partial charge in [-0.15, -0.1) is 10.7 Å². The maximum atomic E-state index is 13.0. The molecule has 0 aliphatic heterocycles. The number of aromatic nitrogens is 2. The molecule has 5 nitrogen and oxygen atoms in total. The summed E-state index contributed by atoms with van der Waals surface area (Å²) in [5.41, 5.74) is 3.43. The number of hydrogen-bond acceptors (Lipinski definition) is 5. The third-order valence-electron chi connectivity index (χ3n) is 3.71. The Labute approximate surface area is 167 Å². The Morgan fingerprint density at radius 3 is 2.32 bits per heavy atom. The fourth-order valence-corrected chi connectivity index (χ4v) is 6.36. The van der Waals surface area contributed by atoms with Gasteiger partial charge in [0.05, 0.1) is 9.77 Å². The van der Waals surface area contributed by atoms with Crippen LogP contribution < -0.4 is 0 Å². The summed E-state index contributed by atoms with van der Waals surface area (Å²) in [5, 5.41) is 3.89. The Kier molecular flexibility index (Phi) is 6.40. The third-order valence-corrected chi connectivity index (χ3v) is 8.40. The molecular weight excluding hydrogens is 469 g/mol. The van der Waals surface area contributed by atoms with Gasteiger partial charge in [0.2, 0.25) is 0 Å². The smallest absolute Gasteiger partial charge is 0.274 e. The lowest BCUT2D eigenvalue weighted by molar-refractivity contribution is 0.401. The van der Waals surface area contributed by atoms with E-state index in [0.717, 1.165) is 23.7 Å². The highest BCUT2D eigenvalue weighted by Gasteiger charge is 2.31. The first-order valence-electron chi connectivity index (χ1n) is 7.62. The van der Waals surface area contributed by atoms with Gasteiger partial charge in [-0.05, 0) is 68.6 Å². The maximum Gasteiger partial charge on any atom is 0.274 e. The first-order chi connectivity index (χ1) is 11.6. The predicted molar refractivity (Wildman–Crippen MR) is 112 cm³/mol. The van der Waals surface area contributed by atoms with E-state index in [9.17, 15) is 8.42 Å². The molecule has 8 heteroatoms. The van der Waals surface area contributed by atoms with Crippen LogP contribution in [0.5, 0.6) is 0 Å². The predicted octanol–water partition coefficient (Wildman–Crippen LogP) is 3.82. The second kappa shape index (κ2) is 7.81. The summed E-state index contributed by atoms with van der Waals surface area (Å²) >= 11 is 3.56. The van der Waals surface area contributed by atoms with Gasteiger partial charge < -0.3 is 0 Å². The average Bonchev–Trinajstić information content (AvgIpc) is 2.84. The van der Waals surface area contributed by atoms with Gasteiger partial charge in [0.25, 0.3) is 10.0 Å². The minimum atomic E-state index is -3.73. The highest BCUT2D eigenvalue weighted by molar-refractivity contribution is 14.1. The van der Waals surface area contributed by atoms with Gasteiger partial charge in [-0.2, -0.15) is 5.10 Å². The lowest BCUT2D eigenvalue weighted by Gasteiger charge is -2.22. The molecule has 0 amide bonds. The molecule has 0 aliphatic rings. The largest absolute Gasteiger partial charge is 0.289 e. The van der Waals surface area contributed by atoms with Crippen molar-refractivity contribution in [2.45, 2.75) is 36.1 Å². The van der Waals surface area contributed by atoms with Gasteiger partial charge in [-0.3, -0.25) is 4.90 Å². The van der Waals surface area contributed by atoms with Crippen LogP contribution in [0.15, 0.2) is 40.9 Å². The second-order valence-electron chi connectivity index (χ2n) is 6.11. The van der Waals surface area contributed by atoms with Crippen LogP contribution in [0.4, 0.5) is 0 Å². The molecule has 1 heterocycles. The maximum absolute atomic E-state index is 13.0. The quantitative estimate of drug-likeness (QED) is 0.455. The summed E-state index contributed by atoms with van der Waals surface area (Å²) in [6.45, 7) is 9.79. The molecule has 2 aromatic rings. The molecular formula is C17H22IN3O2S2. The van der Waals surface area contributed by atoms with Crippen molar-refractivity contribution < 1.29 is 8.42 Å². The van der Waals surface area contributed by atoms with E-state index in [0.29, 0.717) is 5.03 Å². The summed E-state index contributed by atoms with van der Waals surface area (Å²) in [7, 11) is -0.311. The molecule has 0 saturated carbocycles. The molecule has 1 aromatic heterocycles. The monoisotopic (exact) mass is 491 g/mol. The highest BCUT2D eigenvalue weighted by Crippen LogP contribution is 2.37. The summed E-state index contributed by atoms with van der Waals surface area (Å²) in [6.07, 6.45) is 3.00. The van der Waals surface area contributed by atoms with Crippen molar-refractivity contribution in [3.05, 3.63) is 51.2 Å². The van der Waals surface area contributed by atoms with Crippen LogP contribution in [0.3, 0.4) is 0 Å². The van der Waals surface area contributed by atoms with Crippen LogP contribution >= 0.6 is 34.4 Å². The molecule has 1 atom stereocenters. The number of halogens is 1. The van der Waals surface area contributed by atoms with Gasteiger partial charge >= 0.3 is 0 Å². The average molecular weight is 491 g/mol. The number of likely N-dealkylation sites (N-methyl/N-ethyl adjacent to an activating group) is 1. The Balaban J connectivity index is 2.56. The van der Waals surface area contributed by atoms with Crippen LogP contribution in [0.2, 0.25) is 0 Å². The lowest BCUT2D eigenvalue weighted by atomic mass is 10.1. The highest BCUT2D eigenvalue weighted by atomic mass is 127. The molecule has 1 aromatic carbocycles. The van der Waals surface area contributed by atoms with Crippen molar-refractivity contribution in [2.75, 3.05) is 14.1 Å². The van der Waals surface area contributed by atoms with Crippen LogP contribution in [-0.4, -0.2) is 42.0 Å². The van der Waals surface area contributed by atoms with Crippen molar-refractivity contribution >= 4 is 44.4 Å². The number of rotatable bonds is 6. The molecule has 0 spiro atoms. The lowest BCUT2D eigenvalue weighted by Crippen LogP contribution is -2.38. The number of benzene rings is 1.